The summed E-state index contributed by atoms with van der Waals surface area (Å²) in [5.74, 6) is 0. The Hall–Kier alpha value is -1.21. The number of thioether (sulfide) groups is 1. The van der Waals surface area contributed by atoms with Crippen molar-refractivity contribution in [3.63, 3.8) is 0 Å². The summed E-state index contributed by atoms with van der Waals surface area (Å²) in [7, 11) is 0. The Morgan fingerprint density at radius 3 is 1.38 bits per heavy atom. The average Bonchev–Trinajstić information content (AvgIpc) is 2.67. The standard InChI is InChI=1S/C28H42S/c1-11-26(6,7)22-15-17-23(18-16-22)27(8,9)29-28(10,12-2)24-19-13-21(14-20-24)25(3,4)5/h13-20H,11-12H2,1-10H3. The zero-order valence-electron chi connectivity index (χ0n) is 20.4. The fourth-order valence-electron chi connectivity index (χ4n) is 3.81. The van der Waals surface area contributed by atoms with Crippen LogP contribution in [-0.2, 0) is 20.3 Å². The molecule has 0 fully saturated rings. The fraction of sp³-hybridized carbons (Fsp3) is 0.571. The van der Waals surface area contributed by atoms with Gasteiger partial charge in [-0.3, -0.25) is 0 Å². The van der Waals surface area contributed by atoms with Gasteiger partial charge in [0.05, 0.1) is 0 Å². The number of hydrogen-bond donors (Lipinski definition) is 0. The highest BCUT2D eigenvalue weighted by molar-refractivity contribution is 8.01. The molecule has 0 saturated carbocycles. The third kappa shape index (κ3) is 5.48. The van der Waals surface area contributed by atoms with Gasteiger partial charge in [0.1, 0.15) is 0 Å². The first-order chi connectivity index (χ1) is 13.2. The second-order valence-electron chi connectivity index (χ2n) is 10.8. The molecule has 1 heteroatoms. The lowest BCUT2D eigenvalue weighted by molar-refractivity contribution is 0.506. The highest BCUT2D eigenvalue weighted by Gasteiger charge is 2.35. The minimum Gasteiger partial charge on any atom is -0.140 e. The molecular weight excluding hydrogens is 368 g/mol. The van der Waals surface area contributed by atoms with Crippen LogP contribution in [0, 0.1) is 0 Å². The molecule has 1 atom stereocenters. The molecule has 2 aromatic carbocycles. The third-order valence-corrected chi connectivity index (χ3v) is 8.48. The highest BCUT2D eigenvalue weighted by Crippen LogP contribution is 2.51. The largest absolute Gasteiger partial charge is 0.140 e. The van der Waals surface area contributed by atoms with Crippen LogP contribution in [0.25, 0.3) is 0 Å². The minimum absolute atomic E-state index is 0.0440. The Balaban J connectivity index is 2.30. The Morgan fingerprint density at radius 2 is 0.966 bits per heavy atom. The Morgan fingerprint density at radius 1 is 0.552 bits per heavy atom. The van der Waals surface area contributed by atoms with Gasteiger partial charge in [0, 0.05) is 9.49 Å². The van der Waals surface area contributed by atoms with Gasteiger partial charge < -0.3 is 0 Å². The van der Waals surface area contributed by atoms with Gasteiger partial charge in [-0.1, -0.05) is 97.0 Å². The van der Waals surface area contributed by atoms with E-state index in [0.29, 0.717) is 0 Å². The zero-order valence-corrected chi connectivity index (χ0v) is 21.3. The SMILES string of the molecule is CCC(C)(C)c1ccc(C(C)(C)SC(C)(CC)c2ccc(C(C)(C)C)cc2)cc1. The smallest absolute Gasteiger partial charge is 0.0386 e. The van der Waals surface area contributed by atoms with Crippen molar-refractivity contribution in [2.75, 3.05) is 0 Å². The molecule has 0 aliphatic heterocycles. The number of hydrogen-bond acceptors (Lipinski definition) is 1. The van der Waals surface area contributed by atoms with Crippen LogP contribution in [0.3, 0.4) is 0 Å². The van der Waals surface area contributed by atoms with E-state index in [1.165, 1.54) is 22.3 Å². The Kier molecular flexibility index (Phi) is 7.05. The zero-order chi connectivity index (χ0) is 22.1. The normalized spacial score (nSPS) is 15.2. The molecule has 160 valence electrons. The van der Waals surface area contributed by atoms with Crippen molar-refractivity contribution in [3.8, 4) is 0 Å². The van der Waals surface area contributed by atoms with Crippen LogP contribution in [0.4, 0.5) is 0 Å². The lowest BCUT2D eigenvalue weighted by Gasteiger charge is -2.38. The van der Waals surface area contributed by atoms with Crippen molar-refractivity contribution in [3.05, 3.63) is 70.8 Å². The Bertz CT molecular complexity index is 788. The van der Waals surface area contributed by atoms with Crippen molar-refractivity contribution >= 4 is 11.8 Å². The predicted octanol–water partition coefficient (Wildman–Crippen LogP) is 8.97. The van der Waals surface area contributed by atoms with Crippen molar-refractivity contribution < 1.29 is 0 Å². The van der Waals surface area contributed by atoms with E-state index in [1.807, 2.05) is 0 Å². The van der Waals surface area contributed by atoms with Crippen molar-refractivity contribution in [2.45, 2.75) is 102 Å². The van der Waals surface area contributed by atoms with Gasteiger partial charge in [-0.05, 0) is 66.7 Å². The van der Waals surface area contributed by atoms with Crippen LogP contribution in [0.15, 0.2) is 48.5 Å². The minimum atomic E-state index is 0.0440. The maximum absolute atomic E-state index is 2.40. The van der Waals surface area contributed by atoms with Crippen molar-refractivity contribution in [2.24, 2.45) is 0 Å². The van der Waals surface area contributed by atoms with Crippen LogP contribution in [0.2, 0.25) is 0 Å². The molecule has 0 N–H and O–H groups in total. The van der Waals surface area contributed by atoms with E-state index >= 15 is 0 Å². The lowest BCUT2D eigenvalue weighted by Crippen LogP contribution is -2.25. The summed E-state index contributed by atoms with van der Waals surface area (Å²) < 4.78 is 0.129. The maximum Gasteiger partial charge on any atom is 0.0386 e. The first-order valence-corrected chi connectivity index (χ1v) is 12.0. The molecule has 1 unspecified atom stereocenters. The van der Waals surface area contributed by atoms with Gasteiger partial charge in [0.15, 0.2) is 0 Å². The van der Waals surface area contributed by atoms with Crippen LogP contribution in [0.5, 0.6) is 0 Å². The van der Waals surface area contributed by atoms with E-state index in [2.05, 4.69) is 130 Å². The molecule has 2 aromatic rings. The van der Waals surface area contributed by atoms with E-state index in [0.717, 1.165) is 12.8 Å². The van der Waals surface area contributed by atoms with E-state index in [4.69, 9.17) is 0 Å². The van der Waals surface area contributed by atoms with Crippen LogP contribution in [0.1, 0.15) is 104 Å². The molecule has 2 rings (SSSR count). The summed E-state index contributed by atoms with van der Waals surface area (Å²) in [5, 5.41) is 0. The first-order valence-electron chi connectivity index (χ1n) is 11.2. The van der Waals surface area contributed by atoms with Crippen molar-refractivity contribution in [1.29, 1.82) is 0 Å². The van der Waals surface area contributed by atoms with Gasteiger partial charge in [-0.2, -0.15) is 0 Å². The lowest BCUT2D eigenvalue weighted by atomic mass is 9.81. The van der Waals surface area contributed by atoms with Gasteiger partial charge in [0.2, 0.25) is 0 Å². The summed E-state index contributed by atoms with van der Waals surface area (Å²) in [6, 6.07) is 18.7. The molecule has 0 saturated heterocycles. The topological polar surface area (TPSA) is 0 Å². The molecule has 0 aliphatic rings. The van der Waals surface area contributed by atoms with E-state index in [1.54, 1.807) is 0 Å². The fourth-order valence-corrected chi connectivity index (χ4v) is 5.59. The number of benzene rings is 2. The van der Waals surface area contributed by atoms with Gasteiger partial charge in [-0.25, -0.2) is 0 Å². The van der Waals surface area contributed by atoms with E-state index in [9.17, 15) is 0 Å². The third-order valence-electron chi connectivity index (χ3n) is 6.76. The van der Waals surface area contributed by atoms with Gasteiger partial charge in [-0.15, -0.1) is 11.8 Å². The number of rotatable bonds is 7. The molecule has 0 bridgehead atoms. The monoisotopic (exact) mass is 410 g/mol. The highest BCUT2D eigenvalue weighted by atomic mass is 32.2. The molecular formula is C28H42S. The van der Waals surface area contributed by atoms with Crippen LogP contribution < -0.4 is 0 Å². The molecule has 0 spiro atoms. The van der Waals surface area contributed by atoms with E-state index in [-0.39, 0.29) is 20.3 Å². The molecule has 0 nitrogen and oxygen atoms in total. The molecule has 0 radical (unpaired) electrons. The summed E-state index contributed by atoms with van der Waals surface area (Å²) >= 11 is 2.09. The molecule has 0 aliphatic carbocycles. The Labute approximate surface area is 184 Å². The van der Waals surface area contributed by atoms with Crippen LogP contribution >= 0.6 is 11.8 Å². The average molecular weight is 411 g/mol. The molecule has 0 amide bonds. The molecule has 0 aromatic heterocycles. The summed E-state index contributed by atoms with van der Waals surface area (Å²) in [6.07, 6.45) is 2.26. The van der Waals surface area contributed by atoms with Gasteiger partial charge >= 0.3 is 0 Å². The quantitative estimate of drug-likeness (QED) is 0.439. The first kappa shape index (κ1) is 24.1. The summed E-state index contributed by atoms with van der Waals surface area (Å²) in [5.41, 5.74) is 6.10. The van der Waals surface area contributed by atoms with Crippen molar-refractivity contribution in [1.82, 2.24) is 0 Å². The van der Waals surface area contributed by atoms with Gasteiger partial charge in [0.25, 0.3) is 0 Å². The molecule has 29 heavy (non-hydrogen) atoms. The summed E-state index contributed by atoms with van der Waals surface area (Å²) in [4.78, 5) is 0. The second-order valence-corrected chi connectivity index (χ2v) is 13.0. The maximum atomic E-state index is 2.40. The van der Waals surface area contributed by atoms with Crippen LogP contribution in [-0.4, -0.2) is 0 Å². The predicted molar refractivity (Wildman–Crippen MR) is 133 cm³/mol. The second kappa shape index (κ2) is 8.50. The van der Waals surface area contributed by atoms with E-state index < -0.39 is 0 Å². The molecule has 0 heterocycles. The summed E-state index contributed by atoms with van der Waals surface area (Å²) in [6.45, 7) is 23.2.